The van der Waals surface area contributed by atoms with Crippen molar-refractivity contribution in [3.8, 4) is 0 Å². The van der Waals surface area contributed by atoms with Crippen LogP contribution in [-0.2, 0) is 0 Å². The van der Waals surface area contributed by atoms with Gasteiger partial charge in [-0.3, -0.25) is 0 Å². The van der Waals surface area contributed by atoms with Crippen molar-refractivity contribution in [2.75, 3.05) is 6.61 Å². The van der Waals surface area contributed by atoms with Crippen LogP contribution in [0.4, 0.5) is 0 Å². The van der Waals surface area contributed by atoms with Gasteiger partial charge in [0, 0.05) is 10.5 Å². The highest BCUT2D eigenvalue weighted by atomic mass is 79.9. The number of hydrogen-bond acceptors (Lipinski definition) is 2. The van der Waals surface area contributed by atoms with Gasteiger partial charge in [-0.15, -0.1) is 0 Å². The lowest BCUT2D eigenvalue weighted by atomic mass is 10.0. The van der Waals surface area contributed by atoms with Crippen LogP contribution in [0.2, 0.25) is 0 Å². The second-order valence-electron chi connectivity index (χ2n) is 4.22. The summed E-state index contributed by atoms with van der Waals surface area (Å²) in [7, 11) is 0. The van der Waals surface area contributed by atoms with Crippen molar-refractivity contribution >= 4 is 15.9 Å². The summed E-state index contributed by atoms with van der Waals surface area (Å²) in [6.45, 7) is 6.45. The zero-order chi connectivity index (χ0) is 12.1. The Hall–Kier alpha value is -0.380. The number of hydrogen-bond donors (Lipinski definition) is 2. The van der Waals surface area contributed by atoms with Gasteiger partial charge < -0.3 is 10.4 Å². The highest BCUT2D eigenvalue weighted by molar-refractivity contribution is 9.10. The van der Waals surface area contributed by atoms with E-state index in [-0.39, 0.29) is 12.6 Å². The van der Waals surface area contributed by atoms with Gasteiger partial charge in [-0.2, -0.15) is 0 Å². The van der Waals surface area contributed by atoms with Crippen LogP contribution >= 0.6 is 15.9 Å². The minimum absolute atomic E-state index is 0.0202. The lowest BCUT2D eigenvalue weighted by Crippen LogP contribution is -2.32. The molecule has 0 heterocycles. The van der Waals surface area contributed by atoms with Gasteiger partial charge in [-0.1, -0.05) is 35.0 Å². The highest BCUT2D eigenvalue weighted by Gasteiger charge is 2.13. The summed E-state index contributed by atoms with van der Waals surface area (Å²) in [5.74, 6) is 0. The molecule has 1 aromatic rings. The van der Waals surface area contributed by atoms with Gasteiger partial charge in [0.2, 0.25) is 0 Å². The van der Waals surface area contributed by atoms with Crippen molar-refractivity contribution in [1.82, 2.24) is 5.32 Å². The Morgan fingerprint density at radius 1 is 1.44 bits per heavy atom. The molecule has 0 aromatic heterocycles. The first-order chi connectivity index (χ1) is 7.58. The minimum atomic E-state index is 0.0202. The number of aryl methyl sites for hydroxylation is 1. The standard InChI is InChI=1S/C13H20BrNO/c1-4-10(3)15-13(8-16)11-6-5-9(2)12(14)7-11/h5-7,10,13,15-16H,4,8H2,1-3H3. The van der Waals surface area contributed by atoms with Crippen LogP contribution in [0.15, 0.2) is 22.7 Å². The summed E-state index contributed by atoms with van der Waals surface area (Å²) in [4.78, 5) is 0. The number of aliphatic hydroxyl groups excluding tert-OH is 1. The molecular formula is C13H20BrNO. The zero-order valence-corrected chi connectivity index (χ0v) is 11.7. The van der Waals surface area contributed by atoms with Crippen LogP contribution in [0.1, 0.15) is 37.4 Å². The highest BCUT2D eigenvalue weighted by Crippen LogP contribution is 2.22. The fraction of sp³-hybridized carbons (Fsp3) is 0.538. The SMILES string of the molecule is CCC(C)NC(CO)c1ccc(C)c(Br)c1. The van der Waals surface area contributed by atoms with Crippen LogP contribution in [0.25, 0.3) is 0 Å². The molecule has 16 heavy (non-hydrogen) atoms. The second kappa shape index (κ2) is 6.38. The summed E-state index contributed by atoms with van der Waals surface area (Å²) in [5, 5.41) is 12.8. The van der Waals surface area contributed by atoms with Gasteiger partial charge in [0.15, 0.2) is 0 Å². The van der Waals surface area contributed by atoms with Crippen molar-refractivity contribution in [3.05, 3.63) is 33.8 Å². The molecule has 0 aliphatic heterocycles. The third kappa shape index (κ3) is 3.58. The van der Waals surface area contributed by atoms with Gasteiger partial charge in [0.25, 0.3) is 0 Å². The molecule has 3 heteroatoms. The molecule has 2 atom stereocenters. The maximum atomic E-state index is 9.41. The van der Waals surface area contributed by atoms with E-state index < -0.39 is 0 Å². The molecule has 2 N–H and O–H groups in total. The number of halogens is 1. The van der Waals surface area contributed by atoms with E-state index >= 15 is 0 Å². The van der Waals surface area contributed by atoms with E-state index in [1.54, 1.807) is 0 Å². The van der Waals surface area contributed by atoms with Gasteiger partial charge in [0.05, 0.1) is 12.6 Å². The average molecular weight is 286 g/mol. The zero-order valence-electron chi connectivity index (χ0n) is 10.1. The molecule has 0 fully saturated rings. The third-order valence-electron chi connectivity index (χ3n) is 2.88. The largest absolute Gasteiger partial charge is 0.394 e. The van der Waals surface area contributed by atoms with Crippen molar-refractivity contribution in [2.45, 2.75) is 39.3 Å². The topological polar surface area (TPSA) is 32.3 Å². The summed E-state index contributed by atoms with van der Waals surface area (Å²) < 4.78 is 1.09. The maximum absolute atomic E-state index is 9.41. The van der Waals surface area contributed by atoms with Gasteiger partial charge in [-0.25, -0.2) is 0 Å². The van der Waals surface area contributed by atoms with Crippen molar-refractivity contribution in [2.24, 2.45) is 0 Å². The molecule has 0 aliphatic rings. The Morgan fingerprint density at radius 2 is 2.12 bits per heavy atom. The Bertz CT molecular complexity index is 341. The minimum Gasteiger partial charge on any atom is -0.394 e. The van der Waals surface area contributed by atoms with Gasteiger partial charge in [-0.05, 0) is 37.5 Å². The first-order valence-corrected chi connectivity index (χ1v) is 6.50. The van der Waals surface area contributed by atoms with Gasteiger partial charge >= 0.3 is 0 Å². The maximum Gasteiger partial charge on any atom is 0.0626 e. The lowest BCUT2D eigenvalue weighted by molar-refractivity contribution is 0.234. The van der Waals surface area contributed by atoms with Crippen LogP contribution in [0.5, 0.6) is 0 Å². The first-order valence-electron chi connectivity index (χ1n) is 5.71. The summed E-state index contributed by atoms with van der Waals surface area (Å²) >= 11 is 3.52. The quantitative estimate of drug-likeness (QED) is 0.871. The molecule has 0 amide bonds. The fourth-order valence-electron chi connectivity index (χ4n) is 1.54. The molecule has 2 unspecified atom stereocenters. The molecule has 0 aliphatic carbocycles. The van der Waals surface area contributed by atoms with Crippen molar-refractivity contribution in [3.63, 3.8) is 0 Å². The summed E-state index contributed by atoms with van der Waals surface area (Å²) in [6, 6.07) is 6.64. The monoisotopic (exact) mass is 285 g/mol. The molecule has 2 nitrogen and oxygen atoms in total. The molecule has 0 spiro atoms. The van der Waals surface area contributed by atoms with Crippen molar-refractivity contribution in [1.29, 1.82) is 0 Å². The Morgan fingerprint density at radius 3 is 2.62 bits per heavy atom. The second-order valence-corrected chi connectivity index (χ2v) is 5.07. The van der Waals surface area contributed by atoms with Crippen LogP contribution in [0.3, 0.4) is 0 Å². The number of benzene rings is 1. The Labute approximate surface area is 106 Å². The van der Waals surface area contributed by atoms with E-state index in [0.717, 1.165) is 16.5 Å². The van der Waals surface area contributed by atoms with Gasteiger partial charge in [0.1, 0.15) is 0 Å². The molecule has 1 rings (SSSR count). The van der Waals surface area contributed by atoms with E-state index in [1.165, 1.54) is 5.56 Å². The van der Waals surface area contributed by atoms with E-state index in [1.807, 2.05) is 0 Å². The Balaban J connectivity index is 2.82. The van der Waals surface area contributed by atoms with E-state index in [2.05, 4.69) is 60.2 Å². The molecule has 0 saturated carbocycles. The Kier molecular flexibility index (Phi) is 5.46. The number of rotatable bonds is 5. The first kappa shape index (κ1) is 13.7. The molecule has 1 aromatic carbocycles. The van der Waals surface area contributed by atoms with Crippen LogP contribution in [0, 0.1) is 6.92 Å². The molecule has 0 radical (unpaired) electrons. The van der Waals surface area contributed by atoms with Crippen LogP contribution in [-0.4, -0.2) is 17.8 Å². The summed E-state index contributed by atoms with van der Waals surface area (Å²) in [5.41, 5.74) is 2.34. The predicted molar refractivity (Wildman–Crippen MR) is 71.6 cm³/mol. The molecular weight excluding hydrogens is 266 g/mol. The third-order valence-corrected chi connectivity index (χ3v) is 3.73. The summed E-state index contributed by atoms with van der Waals surface area (Å²) in [6.07, 6.45) is 1.06. The van der Waals surface area contributed by atoms with E-state index in [9.17, 15) is 5.11 Å². The van der Waals surface area contributed by atoms with Crippen LogP contribution < -0.4 is 5.32 Å². The fourth-order valence-corrected chi connectivity index (χ4v) is 1.94. The molecule has 0 saturated heterocycles. The number of aliphatic hydroxyl groups is 1. The van der Waals surface area contributed by atoms with Crippen molar-refractivity contribution < 1.29 is 5.11 Å². The molecule has 90 valence electrons. The lowest BCUT2D eigenvalue weighted by Gasteiger charge is -2.21. The van der Waals surface area contributed by atoms with E-state index in [0.29, 0.717) is 6.04 Å². The normalized spacial score (nSPS) is 14.8. The molecule has 0 bridgehead atoms. The predicted octanol–water partition coefficient (Wildman–Crippen LogP) is 3.18. The van der Waals surface area contributed by atoms with E-state index in [4.69, 9.17) is 0 Å². The average Bonchev–Trinajstić information content (AvgIpc) is 2.29. The number of nitrogens with one attached hydrogen (secondary N) is 1. The smallest absolute Gasteiger partial charge is 0.0626 e.